The summed E-state index contributed by atoms with van der Waals surface area (Å²) < 4.78 is 12.7. The van der Waals surface area contributed by atoms with E-state index in [0.29, 0.717) is 12.5 Å². The second-order valence-corrected chi connectivity index (χ2v) is 4.39. The second-order valence-electron chi connectivity index (χ2n) is 4.39. The molecule has 1 aromatic rings. The highest BCUT2D eigenvalue weighted by Gasteiger charge is 2.34. The van der Waals surface area contributed by atoms with E-state index in [9.17, 15) is 9.18 Å². The van der Waals surface area contributed by atoms with Gasteiger partial charge in [-0.15, -0.1) is 0 Å². The lowest BCUT2D eigenvalue weighted by Crippen LogP contribution is -2.40. The average molecular weight is 237 g/mol. The maximum absolute atomic E-state index is 12.7. The summed E-state index contributed by atoms with van der Waals surface area (Å²) in [4.78, 5) is 21.4. The molecule has 0 N–H and O–H groups in total. The van der Waals surface area contributed by atoms with Gasteiger partial charge in [0, 0.05) is 12.6 Å². The highest BCUT2D eigenvalue weighted by atomic mass is 19.1. The molecule has 17 heavy (non-hydrogen) atoms. The predicted octanol–water partition coefficient (Wildman–Crippen LogP) is 1.88. The number of hydrogen-bond acceptors (Lipinski definition) is 3. The molecule has 1 aliphatic rings. The van der Waals surface area contributed by atoms with Gasteiger partial charge in [-0.25, -0.2) is 14.4 Å². The van der Waals surface area contributed by atoms with E-state index < -0.39 is 5.82 Å². The Labute approximate surface area is 99.9 Å². The summed E-state index contributed by atoms with van der Waals surface area (Å²) in [7, 11) is 0. The molecule has 1 aliphatic carbocycles. The quantitative estimate of drug-likeness (QED) is 0.803. The second kappa shape index (κ2) is 4.77. The highest BCUT2D eigenvalue weighted by Crippen LogP contribution is 2.35. The van der Waals surface area contributed by atoms with Crippen LogP contribution in [0.15, 0.2) is 12.4 Å². The molecule has 0 aliphatic heterocycles. The van der Waals surface area contributed by atoms with E-state index in [4.69, 9.17) is 0 Å². The Morgan fingerprint density at radius 3 is 2.59 bits per heavy atom. The minimum absolute atomic E-state index is 0.0701. The molecule has 2 rings (SSSR count). The fourth-order valence-electron chi connectivity index (χ4n) is 2.00. The van der Waals surface area contributed by atoms with Gasteiger partial charge in [-0.1, -0.05) is 0 Å². The van der Waals surface area contributed by atoms with Gasteiger partial charge in [0.2, 0.25) is 5.82 Å². The van der Waals surface area contributed by atoms with Crippen LogP contribution < -0.4 is 0 Å². The molecule has 1 fully saturated rings. The van der Waals surface area contributed by atoms with Crippen molar-refractivity contribution in [1.29, 1.82) is 0 Å². The third-order valence-electron chi connectivity index (χ3n) is 3.21. The van der Waals surface area contributed by atoms with Gasteiger partial charge in [-0.2, -0.15) is 0 Å². The molecule has 5 heteroatoms. The fraction of sp³-hybridized carbons (Fsp3) is 0.583. The molecule has 0 radical (unpaired) electrons. The van der Waals surface area contributed by atoms with Gasteiger partial charge in [0.05, 0.1) is 12.4 Å². The number of rotatable bonds is 4. The van der Waals surface area contributed by atoms with E-state index in [1.165, 1.54) is 12.8 Å². The van der Waals surface area contributed by atoms with Crippen LogP contribution in [0, 0.1) is 11.7 Å². The minimum Gasteiger partial charge on any atom is -0.333 e. The van der Waals surface area contributed by atoms with E-state index in [1.54, 1.807) is 4.90 Å². The van der Waals surface area contributed by atoms with Gasteiger partial charge in [-0.3, -0.25) is 4.79 Å². The molecule has 0 aromatic carbocycles. The first-order valence-electron chi connectivity index (χ1n) is 5.92. The molecule has 4 nitrogen and oxygen atoms in total. The zero-order valence-corrected chi connectivity index (χ0v) is 10.1. The van der Waals surface area contributed by atoms with Crippen LogP contribution >= 0.6 is 0 Å². The SMILES string of the molecule is CCN(C(=O)c1ncc(F)cn1)C(C)C1CC1. The summed E-state index contributed by atoms with van der Waals surface area (Å²) in [5, 5.41) is 0. The number of amides is 1. The topological polar surface area (TPSA) is 46.1 Å². The monoisotopic (exact) mass is 237 g/mol. The third kappa shape index (κ3) is 2.60. The molecule has 1 saturated carbocycles. The fourth-order valence-corrected chi connectivity index (χ4v) is 2.00. The molecule has 1 unspecified atom stereocenters. The predicted molar refractivity (Wildman–Crippen MR) is 60.9 cm³/mol. The van der Waals surface area contributed by atoms with Crippen molar-refractivity contribution < 1.29 is 9.18 Å². The van der Waals surface area contributed by atoms with Gasteiger partial charge in [0.15, 0.2) is 5.82 Å². The largest absolute Gasteiger partial charge is 0.333 e. The van der Waals surface area contributed by atoms with Crippen molar-refractivity contribution in [2.24, 2.45) is 5.92 Å². The molecule has 0 bridgehead atoms. The van der Waals surface area contributed by atoms with Gasteiger partial charge in [0.1, 0.15) is 0 Å². The van der Waals surface area contributed by atoms with Crippen LogP contribution in [0.5, 0.6) is 0 Å². The van der Waals surface area contributed by atoms with Crippen LogP contribution in [0.1, 0.15) is 37.3 Å². The minimum atomic E-state index is -0.528. The van der Waals surface area contributed by atoms with Crippen molar-refractivity contribution in [3.8, 4) is 0 Å². The molecule has 0 spiro atoms. The number of halogens is 1. The molecule has 1 atom stereocenters. The summed E-state index contributed by atoms with van der Waals surface area (Å²) in [6.45, 7) is 4.60. The Morgan fingerprint density at radius 2 is 2.12 bits per heavy atom. The van der Waals surface area contributed by atoms with E-state index in [0.717, 1.165) is 12.4 Å². The van der Waals surface area contributed by atoms with Gasteiger partial charge in [0.25, 0.3) is 5.91 Å². The van der Waals surface area contributed by atoms with Crippen molar-refractivity contribution in [2.45, 2.75) is 32.7 Å². The van der Waals surface area contributed by atoms with Crippen LogP contribution in [0.2, 0.25) is 0 Å². The normalized spacial score (nSPS) is 16.6. The lowest BCUT2D eigenvalue weighted by Gasteiger charge is -2.27. The molecule has 0 saturated heterocycles. The zero-order chi connectivity index (χ0) is 12.4. The first kappa shape index (κ1) is 12.0. The van der Waals surface area contributed by atoms with Gasteiger partial charge in [-0.05, 0) is 32.6 Å². The Hall–Kier alpha value is -1.52. The lowest BCUT2D eigenvalue weighted by atomic mass is 10.2. The van der Waals surface area contributed by atoms with E-state index >= 15 is 0 Å². The maximum Gasteiger partial charge on any atom is 0.291 e. The molecule has 1 amide bonds. The van der Waals surface area contributed by atoms with Crippen molar-refractivity contribution in [3.63, 3.8) is 0 Å². The number of carbonyl (C=O) groups is 1. The van der Waals surface area contributed by atoms with Crippen molar-refractivity contribution in [3.05, 3.63) is 24.0 Å². The van der Waals surface area contributed by atoms with Crippen molar-refractivity contribution in [1.82, 2.24) is 14.9 Å². The van der Waals surface area contributed by atoms with Gasteiger partial charge >= 0.3 is 0 Å². The van der Waals surface area contributed by atoms with Crippen molar-refractivity contribution >= 4 is 5.91 Å². The van der Waals surface area contributed by atoms with Crippen LogP contribution in [0.3, 0.4) is 0 Å². The lowest BCUT2D eigenvalue weighted by molar-refractivity contribution is 0.0671. The standard InChI is InChI=1S/C12H16FN3O/c1-3-16(8(2)9-4-5-9)12(17)11-14-6-10(13)7-15-11/h6-9H,3-5H2,1-2H3. The Kier molecular flexibility index (Phi) is 3.36. The number of aromatic nitrogens is 2. The molecule has 1 aromatic heterocycles. The van der Waals surface area contributed by atoms with Crippen LogP contribution in [-0.4, -0.2) is 33.4 Å². The Balaban J connectivity index is 2.13. The summed E-state index contributed by atoms with van der Waals surface area (Å²) >= 11 is 0. The summed E-state index contributed by atoms with van der Waals surface area (Å²) in [5.74, 6) is -0.0770. The maximum atomic E-state index is 12.7. The Morgan fingerprint density at radius 1 is 1.53 bits per heavy atom. The van der Waals surface area contributed by atoms with Crippen LogP contribution in [0.25, 0.3) is 0 Å². The number of hydrogen-bond donors (Lipinski definition) is 0. The summed E-state index contributed by atoms with van der Waals surface area (Å²) in [6, 6.07) is 0.209. The third-order valence-corrected chi connectivity index (χ3v) is 3.21. The van der Waals surface area contributed by atoms with E-state index in [-0.39, 0.29) is 17.8 Å². The first-order chi connectivity index (χ1) is 8.13. The van der Waals surface area contributed by atoms with Crippen LogP contribution in [-0.2, 0) is 0 Å². The first-order valence-corrected chi connectivity index (χ1v) is 5.92. The van der Waals surface area contributed by atoms with Crippen molar-refractivity contribution in [2.75, 3.05) is 6.54 Å². The molecular formula is C12H16FN3O. The molecule has 92 valence electrons. The molecule has 1 heterocycles. The number of carbonyl (C=O) groups excluding carboxylic acids is 1. The van der Waals surface area contributed by atoms with E-state index in [1.807, 2.05) is 13.8 Å². The average Bonchev–Trinajstić information content (AvgIpc) is 3.14. The highest BCUT2D eigenvalue weighted by molar-refractivity contribution is 5.90. The Bertz CT molecular complexity index is 403. The summed E-state index contributed by atoms with van der Waals surface area (Å²) in [6.07, 6.45) is 4.40. The molecular weight excluding hydrogens is 221 g/mol. The number of nitrogens with zero attached hydrogens (tertiary/aromatic N) is 3. The zero-order valence-electron chi connectivity index (χ0n) is 10.1. The van der Waals surface area contributed by atoms with E-state index in [2.05, 4.69) is 9.97 Å². The smallest absolute Gasteiger partial charge is 0.291 e. The van der Waals surface area contributed by atoms with Gasteiger partial charge < -0.3 is 4.90 Å². The van der Waals surface area contributed by atoms with Crippen LogP contribution in [0.4, 0.5) is 4.39 Å². The summed E-state index contributed by atoms with van der Waals surface area (Å²) in [5.41, 5.74) is 0.